The first-order chi connectivity index (χ1) is 9.14. The number of piperidine rings is 1. The van der Waals surface area contributed by atoms with Crippen LogP contribution in [-0.4, -0.2) is 18.1 Å². The molecule has 0 unspecified atom stereocenters. The summed E-state index contributed by atoms with van der Waals surface area (Å²) >= 11 is 5.86. The molecule has 0 radical (unpaired) electrons. The second kappa shape index (κ2) is 6.13. The maximum absolute atomic E-state index is 5.86. The van der Waals surface area contributed by atoms with Gasteiger partial charge in [-0.2, -0.15) is 0 Å². The molecule has 0 amide bonds. The third-order valence-corrected chi connectivity index (χ3v) is 5.19. The van der Waals surface area contributed by atoms with Crippen molar-refractivity contribution in [2.24, 2.45) is 5.41 Å². The number of pyridine rings is 1. The minimum absolute atomic E-state index is 0.545. The highest BCUT2D eigenvalue weighted by molar-refractivity contribution is 6.17. The fourth-order valence-electron chi connectivity index (χ4n) is 3.18. The summed E-state index contributed by atoms with van der Waals surface area (Å²) in [5.41, 5.74) is 2.93. The van der Waals surface area contributed by atoms with Crippen LogP contribution in [0.25, 0.3) is 0 Å². The number of hydrogen-bond acceptors (Lipinski definition) is 2. The molecule has 2 nitrogen and oxygen atoms in total. The molecule has 0 bridgehead atoms. The Morgan fingerprint density at radius 2 is 1.89 bits per heavy atom. The lowest BCUT2D eigenvalue weighted by Crippen LogP contribution is -2.40. The molecule has 1 aromatic heterocycles. The first-order valence-corrected chi connectivity index (χ1v) is 7.94. The van der Waals surface area contributed by atoms with E-state index in [-0.39, 0.29) is 0 Å². The summed E-state index contributed by atoms with van der Waals surface area (Å²) in [6.07, 6.45) is 7.09. The van der Waals surface area contributed by atoms with Crippen LogP contribution < -0.4 is 4.90 Å². The smallest absolute Gasteiger partial charge is 0.131 e. The number of aromatic nitrogens is 1. The molecule has 1 saturated heterocycles. The lowest BCUT2D eigenvalue weighted by atomic mass is 9.74. The van der Waals surface area contributed by atoms with Crippen LogP contribution in [0.5, 0.6) is 0 Å². The number of hydrogen-bond donors (Lipinski definition) is 0. The largest absolute Gasteiger partial charge is 0.356 e. The van der Waals surface area contributed by atoms with Crippen molar-refractivity contribution in [1.29, 1.82) is 0 Å². The van der Waals surface area contributed by atoms with Crippen LogP contribution in [0, 0.1) is 12.3 Å². The van der Waals surface area contributed by atoms with Crippen LogP contribution in [0.2, 0.25) is 0 Å². The molecule has 1 aliphatic heterocycles. The summed E-state index contributed by atoms with van der Waals surface area (Å²) < 4.78 is 0. The van der Waals surface area contributed by atoms with Gasteiger partial charge in [-0.05, 0) is 42.4 Å². The first-order valence-electron chi connectivity index (χ1n) is 7.40. The molecule has 0 aliphatic carbocycles. The zero-order valence-corrected chi connectivity index (χ0v) is 13.1. The van der Waals surface area contributed by atoms with Crippen molar-refractivity contribution in [3.05, 3.63) is 23.4 Å². The van der Waals surface area contributed by atoms with E-state index in [9.17, 15) is 0 Å². The third kappa shape index (κ3) is 3.05. The van der Waals surface area contributed by atoms with E-state index in [1.165, 1.54) is 31.2 Å². The Morgan fingerprint density at radius 3 is 2.37 bits per heavy atom. The van der Waals surface area contributed by atoms with Crippen molar-refractivity contribution in [3.8, 4) is 0 Å². The summed E-state index contributed by atoms with van der Waals surface area (Å²) in [5.74, 6) is 1.69. The molecule has 1 aromatic rings. The maximum atomic E-state index is 5.86. The number of nitrogens with zero attached hydrogens (tertiary/aromatic N) is 2. The molecule has 3 heteroatoms. The number of aryl methyl sites for hydroxylation is 1. The fourth-order valence-corrected chi connectivity index (χ4v) is 3.33. The van der Waals surface area contributed by atoms with E-state index < -0.39 is 0 Å². The molecule has 0 N–H and O–H groups in total. The monoisotopic (exact) mass is 280 g/mol. The molecule has 19 heavy (non-hydrogen) atoms. The fraction of sp³-hybridized carbons (Fsp3) is 0.688. The van der Waals surface area contributed by atoms with Gasteiger partial charge in [0.2, 0.25) is 0 Å². The van der Waals surface area contributed by atoms with Crippen LogP contribution in [0.3, 0.4) is 0 Å². The minimum atomic E-state index is 0.545. The Balaban J connectivity index is 2.09. The second-order valence-corrected chi connectivity index (χ2v) is 6.08. The summed E-state index contributed by atoms with van der Waals surface area (Å²) in [7, 11) is 0. The van der Waals surface area contributed by atoms with Gasteiger partial charge in [-0.3, -0.25) is 0 Å². The van der Waals surface area contributed by atoms with E-state index in [2.05, 4.69) is 36.7 Å². The standard InChI is InChI=1S/C16H25ClN2/c1-4-16(5-2)6-8-19(9-7-16)15-13(3)10-14(11-17)12-18-15/h10,12H,4-9,11H2,1-3H3. The Morgan fingerprint density at radius 1 is 1.26 bits per heavy atom. The van der Waals surface area contributed by atoms with E-state index in [4.69, 9.17) is 11.6 Å². The van der Waals surface area contributed by atoms with Crippen molar-refractivity contribution in [3.63, 3.8) is 0 Å². The average molecular weight is 281 g/mol. The van der Waals surface area contributed by atoms with Gasteiger partial charge >= 0.3 is 0 Å². The third-order valence-electron chi connectivity index (χ3n) is 4.89. The average Bonchev–Trinajstić information content (AvgIpc) is 2.47. The summed E-state index contributed by atoms with van der Waals surface area (Å²) in [4.78, 5) is 7.06. The molecule has 0 saturated carbocycles. The number of alkyl halides is 1. The number of rotatable bonds is 4. The predicted molar refractivity (Wildman–Crippen MR) is 83.0 cm³/mol. The van der Waals surface area contributed by atoms with Gasteiger partial charge in [0, 0.05) is 25.2 Å². The van der Waals surface area contributed by atoms with Gasteiger partial charge in [0.05, 0.1) is 0 Å². The minimum Gasteiger partial charge on any atom is -0.356 e. The van der Waals surface area contributed by atoms with Crippen LogP contribution in [0.15, 0.2) is 12.3 Å². The molecular weight excluding hydrogens is 256 g/mol. The Labute approximate surface area is 122 Å². The summed E-state index contributed by atoms with van der Waals surface area (Å²) in [6.45, 7) is 9.07. The molecule has 0 aromatic carbocycles. The van der Waals surface area contributed by atoms with Crippen molar-refractivity contribution in [2.45, 2.75) is 52.3 Å². The molecule has 106 valence electrons. The molecule has 0 spiro atoms. The van der Waals surface area contributed by atoms with Crippen molar-refractivity contribution in [2.75, 3.05) is 18.0 Å². The van der Waals surface area contributed by atoms with Gasteiger partial charge in [0.25, 0.3) is 0 Å². The van der Waals surface area contributed by atoms with Gasteiger partial charge in [0.1, 0.15) is 5.82 Å². The van der Waals surface area contributed by atoms with Crippen LogP contribution in [0.4, 0.5) is 5.82 Å². The Bertz CT molecular complexity index is 417. The van der Waals surface area contributed by atoms with Gasteiger partial charge in [-0.25, -0.2) is 4.98 Å². The van der Waals surface area contributed by atoms with E-state index in [0.29, 0.717) is 11.3 Å². The molecule has 2 heterocycles. The SMILES string of the molecule is CCC1(CC)CCN(c2ncc(CCl)cc2C)CC1. The van der Waals surface area contributed by atoms with E-state index >= 15 is 0 Å². The van der Waals surface area contributed by atoms with Crippen LogP contribution in [0.1, 0.15) is 50.7 Å². The lowest BCUT2D eigenvalue weighted by Gasteiger charge is -2.41. The molecule has 1 fully saturated rings. The molecule has 2 rings (SSSR count). The van der Waals surface area contributed by atoms with Crippen LogP contribution >= 0.6 is 11.6 Å². The molecular formula is C16H25ClN2. The first kappa shape index (κ1) is 14.6. The summed E-state index contributed by atoms with van der Waals surface area (Å²) in [6, 6.07) is 2.16. The number of anilines is 1. The zero-order valence-electron chi connectivity index (χ0n) is 12.4. The lowest BCUT2D eigenvalue weighted by molar-refractivity contribution is 0.199. The highest BCUT2D eigenvalue weighted by atomic mass is 35.5. The normalized spacial score (nSPS) is 18.6. The number of halogens is 1. The zero-order chi connectivity index (χ0) is 13.9. The van der Waals surface area contributed by atoms with Gasteiger partial charge in [-0.15, -0.1) is 11.6 Å². The second-order valence-electron chi connectivity index (χ2n) is 5.81. The van der Waals surface area contributed by atoms with E-state index in [0.717, 1.165) is 24.5 Å². The van der Waals surface area contributed by atoms with Crippen molar-refractivity contribution < 1.29 is 0 Å². The Kier molecular flexibility index (Phi) is 4.72. The maximum Gasteiger partial charge on any atom is 0.131 e. The van der Waals surface area contributed by atoms with Gasteiger partial charge < -0.3 is 4.90 Å². The Hall–Kier alpha value is -0.760. The summed E-state index contributed by atoms with van der Waals surface area (Å²) in [5, 5.41) is 0. The van der Waals surface area contributed by atoms with Gasteiger partial charge in [0.15, 0.2) is 0 Å². The predicted octanol–water partition coefficient (Wildman–Crippen LogP) is 4.54. The highest BCUT2D eigenvalue weighted by Crippen LogP contribution is 2.39. The molecule has 0 atom stereocenters. The van der Waals surface area contributed by atoms with Crippen molar-refractivity contribution >= 4 is 17.4 Å². The van der Waals surface area contributed by atoms with Crippen molar-refractivity contribution in [1.82, 2.24) is 4.98 Å². The van der Waals surface area contributed by atoms with E-state index in [1.54, 1.807) is 0 Å². The topological polar surface area (TPSA) is 16.1 Å². The molecule has 1 aliphatic rings. The van der Waals surface area contributed by atoms with Crippen LogP contribution in [-0.2, 0) is 5.88 Å². The highest BCUT2D eigenvalue weighted by Gasteiger charge is 2.31. The van der Waals surface area contributed by atoms with E-state index in [1.807, 2.05) is 6.20 Å². The quantitative estimate of drug-likeness (QED) is 0.753. The van der Waals surface area contributed by atoms with Gasteiger partial charge in [-0.1, -0.05) is 26.7 Å².